The third-order valence-corrected chi connectivity index (χ3v) is 3.18. The lowest BCUT2D eigenvalue weighted by Crippen LogP contribution is -2.10. The molecule has 0 aliphatic carbocycles. The van der Waals surface area contributed by atoms with Gasteiger partial charge < -0.3 is 4.74 Å². The lowest BCUT2D eigenvalue weighted by Gasteiger charge is -2.04. The second-order valence-electron chi connectivity index (χ2n) is 4.42. The van der Waals surface area contributed by atoms with Gasteiger partial charge in [0.1, 0.15) is 0 Å². The number of ether oxygens (including phenoxy) is 1. The van der Waals surface area contributed by atoms with E-state index in [1.807, 2.05) is 31.2 Å². The summed E-state index contributed by atoms with van der Waals surface area (Å²) in [6, 6.07) is 7.60. The Kier molecular flexibility index (Phi) is 3.69. The molecular formula is C15H17NO3. The fourth-order valence-electron chi connectivity index (χ4n) is 2.42. The molecule has 0 N–H and O–H groups in total. The van der Waals surface area contributed by atoms with Gasteiger partial charge in [-0.1, -0.05) is 18.2 Å². The van der Waals surface area contributed by atoms with E-state index in [0.29, 0.717) is 6.61 Å². The minimum absolute atomic E-state index is 0.0520. The van der Waals surface area contributed by atoms with Gasteiger partial charge in [-0.3, -0.25) is 14.2 Å². The number of carbonyl (C=O) groups excluding carboxylic acids is 2. The zero-order valence-electron chi connectivity index (χ0n) is 11.4. The number of fused-ring (bicyclic) bond motifs is 1. The smallest absolute Gasteiger partial charge is 0.310 e. The Morgan fingerprint density at radius 1 is 1.26 bits per heavy atom. The van der Waals surface area contributed by atoms with Gasteiger partial charge in [0.2, 0.25) is 5.91 Å². The molecule has 0 amide bonds. The number of aromatic nitrogens is 1. The van der Waals surface area contributed by atoms with Gasteiger partial charge in [0.05, 0.1) is 18.5 Å². The monoisotopic (exact) mass is 259 g/mol. The van der Waals surface area contributed by atoms with Gasteiger partial charge in [-0.25, -0.2) is 0 Å². The molecule has 0 aliphatic heterocycles. The predicted octanol–water partition coefficient (Wildman–Crippen LogP) is 2.72. The molecule has 0 saturated heterocycles. The first kappa shape index (κ1) is 13.3. The Labute approximate surface area is 112 Å². The van der Waals surface area contributed by atoms with Crippen molar-refractivity contribution < 1.29 is 14.3 Å². The summed E-state index contributed by atoms with van der Waals surface area (Å²) in [5, 5.41) is 0.934. The van der Waals surface area contributed by atoms with Crippen molar-refractivity contribution in [1.29, 1.82) is 0 Å². The number of esters is 1. The van der Waals surface area contributed by atoms with E-state index in [1.54, 1.807) is 11.5 Å². The Bertz CT molecular complexity index is 640. The molecule has 0 atom stereocenters. The van der Waals surface area contributed by atoms with Crippen LogP contribution in [0.25, 0.3) is 10.9 Å². The van der Waals surface area contributed by atoms with E-state index >= 15 is 0 Å². The van der Waals surface area contributed by atoms with Crippen molar-refractivity contribution in [3.05, 3.63) is 35.5 Å². The number of rotatable bonds is 3. The van der Waals surface area contributed by atoms with Crippen LogP contribution in [0.15, 0.2) is 24.3 Å². The number of hydrogen-bond acceptors (Lipinski definition) is 3. The summed E-state index contributed by atoms with van der Waals surface area (Å²) in [5.74, 6) is -0.319. The number of nitrogens with zero attached hydrogens (tertiary/aromatic N) is 1. The predicted molar refractivity (Wildman–Crippen MR) is 73.3 cm³/mol. The highest BCUT2D eigenvalue weighted by Gasteiger charge is 2.18. The summed E-state index contributed by atoms with van der Waals surface area (Å²) < 4.78 is 6.63. The molecule has 19 heavy (non-hydrogen) atoms. The normalized spacial score (nSPS) is 10.7. The SMILES string of the molecule is CCOC(=O)Cc1c(C)n(C(C)=O)c2ccccc12. The average molecular weight is 259 g/mol. The molecule has 0 unspecified atom stereocenters. The van der Waals surface area contributed by atoms with E-state index in [2.05, 4.69) is 0 Å². The first-order valence-electron chi connectivity index (χ1n) is 6.31. The van der Waals surface area contributed by atoms with E-state index in [9.17, 15) is 9.59 Å². The van der Waals surface area contributed by atoms with Crippen LogP contribution in [0.3, 0.4) is 0 Å². The number of hydrogen-bond donors (Lipinski definition) is 0. The van der Waals surface area contributed by atoms with Crippen molar-refractivity contribution in [2.45, 2.75) is 27.2 Å². The molecule has 0 aliphatic rings. The highest BCUT2D eigenvalue weighted by Crippen LogP contribution is 2.26. The van der Waals surface area contributed by atoms with Gasteiger partial charge in [0, 0.05) is 18.0 Å². The highest BCUT2D eigenvalue weighted by atomic mass is 16.5. The van der Waals surface area contributed by atoms with Crippen LogP contribution in [0.2, 0.25) is 0 Å². The molecule has 2 aromatic rings. The Morgan fingerprint density at radius 2 is 1.95 bits per heavy atom. The summed E-state index contributed by atoms with van der Waals surface area (Å²) in [7, 11) is 0. The van der Waals surface area contributed by atoms with Gasteiger partial charge in [-0.2, -0.15) is 0 Å². The van der Waals surface area contributed by atoms with Gasteiger partial charge in [0.15, 0.2) is 0 Å². The number of benzene rings is 1. The molecule has 1 heterocycles. The van der Waals surface area contributed by atoms with Crippen LogP contribution in [0.4, 0.5) is 0 Å². The third kappa shape index (κ3) is 2.38. The molecule has 0 bridgehead atoms. The maximum atomic E-state index is 11.8. The topological polar surface area (TPSA) is 48.3 Å². The molecule has 0 fully saturated rings. The molecule has 2 rings (SSSR count). The molecule has 1 aromatic heterocycles. The van der Waals surface area contributed by atoms with Crippen molar-refractivity contribution in [1.82, 2.24) is 4.57 Å². The first-order valence-corrected chi connectivity index (χ1v) is 6.31. The second kappa shape index (κ2) is 5.26. The summed E-state index contributed by atoms with van der Waals surface area (Å²) in [6.07, 6.45) is 0.195. The molecule has 4 nitrogen and oxygen atoms in total. The van der Waals surface area contributed by atoms with E-state index in [0.717, 1.165) is 22.2 Å². The van der Waals surface area contributed by atoms with E-state index < -0.39 is 0 Å². The van der Waals surface area contributed by atoms with E-state index in [1.165, 1.54) is 6.92 Å². The zero-order valence-corrected chi connectivity index (χ0v) is 11.4. The van der Waals surface area contributed by atoms with Crippen LogP contribution in [0.5, 0.6) is 0 Å². The number of carbonyl (C=O) groups is 2. The summed E-state index contributed by atoms with van der Waals surface area (Å²) in [5.41, 5.74) is 2.51. The quantitative estimate of drug-likeness (QED) is 0.796. The van der Waals surface area contributed by atoms with Crippen molar-refractivity contribution in [3.63, 3.8) is 0 Å². The molecule has 0 spiro atoms. The molecular weight excluding hydrogens is 242 g/mol. The Balaban J connectivity index is 2.57. The van der Waals surface area contributed by atoms with E-state index in [-0.39, 0.29) is 18.3 Å². The minimum Gasteiger partial charge on any atom is -0.466 e. The van der Waals surface area contributed by atoms with Gasteiger partial charge >= 0.3 is 5.97 Å². The van der Waals surface area contributed by atoms with Crippen LogP contribution >= 0.6 is 0 Å². The Hall–Kier alpha value is -2.10. The van der Waals surface area contributed by atoms with E-state index in [4.69, 9.17) is 4.74 Å². The van der Waals surface area contributed by atoms with Gasteiger partial charge in [-0.05, 0) is 25.5 Å². The lowest BCUT2D eigenvalue weighted by molar-refractivity contribution is -0.142. The van der Waals surface area contributed by atoms with Crippen molar-refractivity contribution in [3.8, 4) is 0 Å². The highest BCUT2D eigenvalue weighted by molar-refractivity contribution is 5.96. The fourth-order valence-corrected chi connectivity index (χ4v) is 2.42. The first-order chi connectivity index (χ1) is 9.06. The summed E-state index contributed by atoms with van der Waals surface area (Å²) in [6.45, 7) is 5.52. The minimum atomic E-state index is -0.267. The maximum Gasteiger partial charge on any atom is 0.310 e. The zero-order chi connectivity index (χ0) is 14.0. The maximum absolute atomic E-state index is 11.8. The van der Waals surface area contributed by atoms with Crippen LogP contribution in [0.1, 0.15) is 29.9 Å². The van der Waals surface area contributed by atoms with Crippen LogP contribution in [-0.4, -0.2) is 23.1 Å². The van der Waals surface area contributed by atoms with Crippen molar-refractivity contribution in [2.24, 2.45) is 0 Å². The van der Waals surface area contributed by atoms with Crippen LogP contribution in [-0.2, 0) is 16.0 Å². The van der Waals surface area contributed by atoms with Crippen molar-refractivity contribution >= 4 is 22.8 Å². The van der Waals surface area contributed by atoms with Crippen LogP contribution < -0.4 is 0 Å². The molecule has 1 aromatic carbocycles. The molecule has 100 valence electrons. The molecule has 4 heteroatoms. The standard InChI is InChI=1S/C15H17NO3/c1-4-19-15(18)9-13-10(2)16(11(3)17)14-8-6-5-7-12(13)14/h5-8H,4,9H2,1-3H3. The fraction of sp³-hybridized carbons (Fsp3) is 0.333. The summed E-state index contributed by atoms with van der Waals surface area (Å²) in [4.78, 5) is 23.4. The third-order valence-electron chi connectivity index (χ3n) is 3.18. The lowest BCUT2D eigenvalue weighted by atomic mass is 10.1. The van der Waals surface area contributed by atoms with Gasteiger partial charge in [-0.15, -0.1) is 0 Å². The van der Waals surface area contributed by atoms with Crippen molar-refractivity contribution in [2.75, 3.05) is 6.61 Å². The largest absolute Gasteiger partial charge is 0.466 e. The Morgan fingerprint density at radius 3 is 2.58 bits per heavy atom. The second-order valence-corrected chi connectivity index (χ2v) is 4.42. The van der Waals surface area contributed by atoms with Gasteiger partial charge in [0.25, 0.3) is 0 Å². The van der Waals surface area contributed by atoms with Crippen LogP contribution in [0, 0.1) is 6.92 Å². The average Bonchev–Trinajstić information content (AvgIpc) is 2.63. The summed E-state index contributed by atoms with van der Waals surface area (Å²) >= 11 is 0. The molecule has 0 saturated carbocycles. The molecule has 0 radical (unpaired) electrons. The number of para-hydroxylation sites is 1.